The summed E-state index contributed by atoms with van der Waals surface area (Å²) in [5, 5.41) is 4.55. The van der Waals surface area contributed by atoms with Gasteiger partial charge < -0.3 is 9.32 Å². The maximum Gasteiger partial charge on any atom is 0.143 e. The van der Waals surface area contributed by atoms with E-state index in [2.05, 4.69) is 243 Å². The molecule has 0 N–H and O–H groups in total. The van der Waals surface area contributed by atoms with Crippen LogP contribution in [0.15, 0.2) is 229 Å². The van der Waals surface area contributed by atoms with Gasteiger partial charge in [-0.3, -0.25) is 0 Å². The van der Waals surface area contributed by atoms with Gasteiger partial charge >= 0.3 is 0 Å². The fourth-order valence-electron chi connectivity index (χ4n) is 10.3. The molecule has 0 saturated carbocycles. The number of anilines is 3. The standard InChI is InChI=1S/C61H43NO/c1-61(2)53-28-11-8-25-51(53)58-50(27-15-29-54(58)61)49-24-10-13-31-56(49)62(55-30-12-9-22-46(55)43-35-33-41(34-36-43)40-17-4-3-5-18-40)45-21-14-20-44(39-45)47-26-16-32-57-59(47)52-38-37-42-19-6-7-23-48(42)60(52)63-57/h3-39H,1-2H3. The van der Waals surface area contributed by atoms with Gasteiger partial charge in [0.1, 0.15) is 11.2 Å². The number of fused-ring (bicyclic) bond motifs is 8. The quantitative estimate of drug-likeness (QED) is 0.160. The highest BCUT2D eigenvalue weighted by atomic mass is 16.3. The summed E-state index contributed by atoms with van der Waals surface area (Å²) in [6.45, 7) is 4.72. The first-order chi connectivity index (χ1) is 31.0. The lowest BCUT2D eigenvalue weighted by molar-refractivity contribution is 0.660. The maximum absolute atomic E-state index is 6.68. The molecule has 1 aliphatic carbocycles. The molecule has 1 heterocycles. The van der Waals surface area contributed by atoms with Crippen LogP contribution < -0.4 is 4.90 Å². The Hall–Kier alpha value is -7.94. The highest BCUT2D eigenvalue weighted by molar-refractivity contribution is 6.19. The number of para-hydroxylation sites is 2. The summed E-state index contributed by atoms with van der Waals surface area (Å²) in [6.07, 6.45) is 0. The van der Waals surface area contributed by atoms with Crippen molar-refractivity contribution in [3.63, 3.8) is 0 Å². The summed E-state index contributed by atoms with van der Waals surface area (Å²) in [5.74, 6) is 0. The monoisotopic (exact) mass is 805 g/mol. The topological polar surface area (TPSA) is 16.4 Å². The van der Waals surface area contributed by atoms with Crippen LogP contribution in [0.1, 0.15) is 25.0 Å². The van der Waals surface area contributed by atoms with Crippen LogP contribution in [0.2, 0.25) is 0 Å². The number of furan rings is 1. The number of hydrogen-bond acceptors (Lipinski definition) is 2. The van der Waals surface area contributed by atoms with Crippen LogP contribution in [0.4, 0.5) is 17.1 Å². The average molecular weight is 806 g/mol. The Morgan fingerprint density at radius 1 is 0.381 bits per heavy atom. The Balaban J connectivity index is 1.08. The molecule has 0 unspecified atom stereocenters. The van der Waals surface area contributed by atoms with E-state index in [1.54, 1.807) is 0 Å². The second-order valence-corrected chi connectivity index (χ2v) is 17.2. The van der Waals surface area contributed by atoms with E-state index >= 15 is 0 Å². The molecule has 63 heavy (non-hydrogen) atoms. The lowest BCUT2D eigenvalue weighted by atomic mass is 9.82. The maximum atomic E-state index is 6.68. The van der Waals surface area contributed by atoms with Crippen LogP contribution in [0.3, 0.4) is 0 Å². The van der Waals surface area contributed by atoms with Crippen molar-refractivity contribution in [2.75, 3.05) is 4.90 Å². The molecule has 1 aliphatic rings. The first-order valence-electron chi connectivity index (χ1n) is 21.8. The summed E-state index contributed by atoms with van der Waals surface area (Å²) in [7, 11) is 0. The molecule has 0 atom stereocenters. The van der Waals surface area contributed by atoms with Crippen LogP contribution in [0, 0.1) is 0 Å². The summed E-state index contributed by atoms with van der Waals surface area (Å²) in [5.41, 5.74) is 19.7. The Labute approximate surface area is 368 Å². The van der Waals surface area contributed by atoms with Gasteiger partial charge in [-0.15, -0.1) is 0 Å². The lowest BCUT2D eigenvalue weighted by Gasteiger charge is -2.31. The fourth-order valence-corrected chi connectivity index (χ4v) is 10.3. The summed E-state index contributed by atoms with van der Waals surface area (Å²) in [4.78, 5) is 2.48. The van der Waals surface area contributed by atoms with Crippen molar-refractivity contribution < 1.29 is 4.42 Å². The lowest BCUT2D eigenvalue weighted by Crippen LogP contribution is -2.15. The van der Waals surface area contributed by atoms with E-state index in [0.717, 1.165) is 66.6 Å². The van der Waals surface area contributed by atoms with Crippen LogP contribution in [-0.4, -0.2) is 0 Å². The van der Waals surface area contributed by atoms with Crippen LogP contribution in [0.5, 0.6) is 0 Å². The van der Waals surface area contributed by atoms with Gasteiger partial charge in [0.15, 0.2) is 0 Å². The summed E-state index contributed by atoms with van der Waals surface area (Å²) < 4.78 is 6.68. The molecule has 0 radical (unpaired) electrons. The van der Waals surface area contributed by atoms with Gasteiger partial charge in [-0.1, -0.05) is 202 Å². The van der Waals surface area contributed by atoms with Gasteiger partial charge in [-0.25, -0.2) is 0 Å². The SMILES string of the molecule is CC1(C)c2ccccc2-c2c(-c3ccccc3N(c3cccc(-c4cccc5oc6c7ccccc7ccc6c45)c3)c3ccccc3-c3ccc(-c4ccccc4)cc3)cccc21. The molecule has 0 bridgehead atoms. The zero-order valence-corrected chi connectivity index (χ0v) is 35.2. The number of hydrogen-bond donors (Lipinski definition) is 0. The van der Waals surface area contributed by atoms with Gasteiger partial charge in [-0.05, 0) is 97.4 Å². The molecule has 10 aromatic carbocycles. The molecular formula is C61H43NO. The molecule has 11 aromatic rings. The summed E-state index contributed by atoms with van der Waals surface area (Å²) in [6, 6.07) is 81.6. The molecule has 0 spiro atoms. The molecule has 0 amide bonds. The molecular weight excluding hydrogens is 763 g/mol. The number of nitrogens with zero attached hydrogens (tertiary/aromatic N) is 1. The van der Waals surface area contributed by atoms with E-state index in [4.69, 9.17) is 4.42 Å². The number of benzene rings is 10. The van der Waals surface area contributed by atoms with E-state index in [-0.39, 0.29) is 5.41 Å². The third-order valence-corrected chi connectivity index (χ3v) is 13.3. The Morgan fingerprint density at radius 3 is 1.81 bits per heavy atom. The average Bonchev–Trinajstić information content (AvgIpc) is 3.85. The van der Waals surface area contributed by atoms with Crippen molar-refractivity contribution in [3.05, 3.63) is 236 Å². The largest absolute Gasteiger partial charge is 0.455 e. The van der Waals surface area contributed by atoms with Crippen molar-refractivity contribution in [3.8, 4) is 55.6 Å². The second-order valence-electron chi connectivity index (χ2n) is 17.2. The van der Waals surface area contributed by atoms with E-state index in [0.29, 0.717) is 0 Å². The predicted molar refractivity (Wildman–Crippen MR) is 265 cm³/mol. The zero-order chi connectivity index (χ0) is 42.1. The van der Waals surface area contributed by atoms with Crippen LogP contribution in [0.25, 0.3) is 88.3 Å². The fraction of sp³-hybridized carbons (Fsp3) is 0.0492. The van der Waals surface area contributed by atoms with Crippen molar-refractivity contribution in [2.24, 2.45) is 0 Å². The van der Waals surface area contributed by atoms with Crippen molar-refractivity contribution in [1.29, 1.82) is 0 Å². The molecule has 2 heteroatoms. The van der Waals surface area contributed by atoms with Crippen LogP contribution >= 0.6 is 0 Å². The van der Waals surface area contributed by atoms with E-state index in [9.17, 15) is 0 Å². The summed E-state index contributed by atoms with van der Waals surface area (Å²) >= 11 is 0. The highest BCUT2D eigenvalue weighted by Crippen LogP contribution is 2.54. The Kier molecular flexibility index (Phi) is 8.55. The Morgan fingerprint density at radius 2 is 0.968 bits per heavy atom. The van der Waals surface area contributed by atoms with Gasteiger partial charge in [0.25, 0.3) is 0 Å². The third kappa shape index (κ3) is 5.94. The van der Waals surface area contributed by atoms with Gasteiger partial charge in [0.05, 0.1) is 11.4 Å². The molecule has 12 rings (SSSR count). The van der Waals surface area contributed by atoms with E-state index in [1.807, 2.05) is 0 Å². The van der Waals surface area contributed by atoms with Crippen LogP contribution in [-0.2, 0) is 5.41 Å². The molecule has 0 fully saturated rings. The highest BCUT2D eigenvalue weighted by Gasteiger charge is 2.37. The Bertz CT molecular complexity index is 3540. The van der Waals surface area contributed by atoms with Gasteiger partial charge in [0, 0.05) is 38.4 Å². The first kappa shape index (κ1) is 36.9. The minimum absolute atomic E-state index is 0.117. The van der Waals surface area contributed by atoms with Crippen molar-refractivity contribution in [1.82, 2.24) is 0 Å². The van der Waals surface area contributed by atoms with E-state index < -0.39 is 0 Å². The van der Waals surface area contributed by atoms with Crippen molar-refractivity contribution >= 4 is 49.8 Å². The van der Waals surface area contributed by atoms with E-state index in [1.165, 1.54) is 49.9 Å². The molecule has 1 aromatic heterocycles. The molecule has 0 saturated heterocycles. The number of rotatable bonds is 7. The smallest absolute Gasteiger partial charge is 0.143 e. The van der Waals surface area contributed by atoms with Gasteiger partial charge in [-0.2, -0.15) is 0 Å². The minimum atomic E-state index is -0.117. The first-order valence-corrected chi connectivity index (χ1v) is 21.8. The molecule has 0 aliphatic heterocycles. The van der Waals surface area contributed by atoms with Crippen molar-refractivity contribution in [2.45, 2.75) is 19.3 Å². The third-order valence-electron chi connectivity index (χ3n) is 13.3. The molecule has 2 nitrogen and oxygen atoms in total. The predicted octanol–water partition coefficient (Wildman–Crippen LogP) is 17.2. The second kappa shape index (κ2) is 14.6. The van der Waals surface area contributed by atoms with Gasteiger partial charge in [0.2, 0.25) is 0 Å². The minimum Gasteiger partial charge on any atom is -0.455 e. The molecule has 298 valence electrons. The zero-order valence-electron chi connectivity index (χ0n) is 35.2. The normalized spacial score (nSPS) is 12.7.